The van der Waals surface area contributed by atoms with Gasteiger partial charge in [-0.1, -0.05) is 0 Å². The van der Waals surface area contributed by atoms with E-state index >= 15 is 0 Å². The van der Waals surface area contributed by atoms with Gasteiger partial charge in [-0.25, -0.2) is 4.79 Å². The molecule has 2 rings (SSSR count). The summed E-state index contributed by atoms with van der Waals surface area (Å²) in [5.41, 5.74) is 0. The van der Waals surface area contributed by atoms with E-state index in [2.05, 4.69) is 10.6 Å². The molecular formula is C12H20N2O4. The van der Waals surface area contributed by atoms with Gasteiger partial charge in [0.05, 0.1) is 12.0 Å². The summed E-state index contributed by atoms with van der Waals surface area (Å²) in [6, 6.07) is -0.0124. The average Bonchev–Trinajstić information content (AvgIpc) is 2.71. The Labute approximate surface area is 106 Å². The molecule has 0 aromatic carbocycles. The summed E-state index contributed by atoms with van der Waals surface area (Å²) in [7, 11) is 1.67. The molecule has 6 nitrogen and oxygen atoms in total. The third kappa shape index (κ3) is 3.13. The van der Waals surface area contributed by atoms with Gasteiger partial charge in [-0.15, -0.1) is 0 Å². The number of carboxylic acid groups (broad SMARTS) is 1. The molecule has 0 bridgehead atoms. The molecule has 0 aromatic heterocycles. The number of nitrogens with one attached hydrogen (secondary N) is 2. The van der Waals surface area contributed by atoms with Crippen LogP contribution in [0.2, 0.25) is 0 Å². The second kappa shape index (κ2) is 5.56. The molecule has 102 valence electrons. The minimum Gasteiger partial charge on any atom is -0.481 e. The minimum atomic E-state index is -0.762. The molecule has 0 aromatic rings. The largest absolute Gasteiger partial charge is 0.481 e. The summed E-state index contributed by atoms with van der Waals surface area (Å²) in [5, 5.41) is 14.6. The van der Waals surface area contributed by atoms with Crippen molar-refractivity contribution in [3.8, 4) is 0 Å². The summed E-state index contributed by atoms with van der Waals surface area (Å²) >= 11 is 0. The van der Waals surface area contributed by atoms with Crippen molar-refractivity contribution in [2.75, 3.05) is 7.11 Å². The van der Waals surface area contributed by atoms with Crippen LogP contribution in [-0.4, -0.2) is 42.4 Å². The number of amides is 2. The van der Waals surface area contributed by atoms with Crippen molar-refractivity contribution >= 4 is 12.0 Å². The van der Waals surface area contributed by atoms with Gasteiger partial charge in [-0.3, -0.25) is 4.79 Å². The Bertz CT molecular complexity index is 328. The van der Waals surface area contributed by atoms with Crippen LogP contribution < -0.4 is 10.6 Å². The lowest BCUT2D eigenvalue weighted by Gasteiger charge is -2.34. The molecule has 0 radical (unpaired) electrons. The Morgan fingerprint density at radius 3 is 2.33 bits per heavy atom. The van der Waals surface area contributed by atoms with Crippen LogP contribution in [-0.2, 0) is 9.53 Å². The van der Waals surface area contributed by atoms with Crippen LogP contribution in [0.25, 0.3) is 0 Å². The van der Waals surface area contributed by atoms with E-state index in [1.807, 2.05) is 0 Å². The molecule has 2 aliphatic carbocycles. The number of aliphatic carboxylic acids is 1. The maximum absolute atomic E-state index is 11.7. The fourth-order valence-electron chi connectivity index (χ4n) is 2.63. The van der Waals surface area contributed by atoms with E-state index in [-0.39, 0.29) is 30.1 Å². The molecule has 2 fully saturated rings. The number of carboxylic acids is 1. The van der Waals surface area contributed by atoms with Gasteiger partial charge in [0.25, 0.3) is 0 Å². The van der Waals surface area contributed by atoms with Crippen molar-refractivity contribution in [2.24, 2.45) is 5.92 Å². The van der Waals surface area contributed by atoms with Gasteiger partial charge >= 0.3 is 12.0 Å². The molecule has 2 saturated carbocycles. The van der Waals surface area contributed by atoms with Crippen LogP contribution in [0.15, 0.2) is 0 Å². The number of methoxy groups -OCH3 is 1. The van der Waals surface area contributed by atoms with Gasteiger partial charge in [0, 0.05) is 19.2 Å². The second-order valence-electron chi connectivity index (χ2n) is 5.19. The molecule has 0 saturated heterocycles. The lowest BCUT2D eigenvalue weighted by Crippen LogP contribution is -2.52. The molecular weight excluding hydrogens is 236 g/mol. The van der Waals surface area contributed by atoms with E-state index in [0.717, 1.165) is 19.3 Å². The molecule has 6 heteroatoms. The van der Waals surface area contributed by atoms with Crippen LogP contribution in [0, 0.1) is 5.92 Å². The van der Waals surface area contributed by atoms with Crippen LogP contribution in [0.1, 0.15) is 32.1 Å². The monoisotopic (exact) mass is 256 g/mol. The normalized spacial score (nSPS) is 34.7. The zero-order valence-corrected chi connectivity index (χ0v) is 10.5. The number of hydrogen-bond acceptors (Lipinski definition) is 3. The number of urea groups is 1. The third-order valence-electron chi connectivity index (χ3n) is 3.88. The van der Waals surface area contributed by atoms with Gasteiger partial charge in [0.15, 0.2) is 0 Å². The Morgan fingerprint density at radius 1 is 1.11 bits per heavy atom. The predicted octanol–water partition coefficient (Wildman–Crippen LogP) is 0.716. The van der Waals surface area contributed by atoms with E-state index in [1.165, 1.54) is 0 Å². The van der Waals surface area contributed by atoms with E-state index in [4.69, 9.17) is 9.84 Å². The van der Waals surface area contributed by atoms with Gasteiger partial charge in [-0.05, 0) is 32.1 Å². The first-order chi connectivity index (χ1) is 8.58. The summed E-state index contributed by atoms with van der Waals surface area (Å²) in [6.45, 7) is 0. The van der Waals surface area contributed by atoms with E-state index in [9.17, 15) is 9.59 Å². The van der Waals surface area contributed by atoms with E-state index < -0.39 is 5.97 Å². The molecule has 2 aliphatic rings. The number of carbonyl (C=O) groups excluding carboxylic acids is 1. The Kier molecular flexibility index (Phi) is 4.06. The van der Waals surface area contributed by atoms with Crippen LogP contribution in [0.5, 0.6) is 0 Å². The fourth-order valence-corrected chi connectivity index (χ4v) is 2.63. The SMILES string of the molecule is COC1CC(NC(=O)NC2CCC(C(=O)O)C2)C1. The lowest BCUT2D eigenvalue weighted by molar-refractivity contribution is -0.141. The topological polar surface area (TPSA) is 87.7 Å². The Morgan fingerprint density at radius 2 is 1.78 bits per heavy atom. The zero-order valence-electron chi connectivity index (χ0n) is 10.5. The molecule has 18 heavy (non-hydrogen) atoms. The van der Waals surface area contributed by atoms with Gasteiger partial charge in [0.1, 0.15) is 0 Å². The van der Waals surface area contributed by atoms with Gasteiger partial charge < -0.3 is 20.5 Å². The predicted molar refractivity (Wildman–Crippen MR) is 64.3 cm³/mol. The smallest absolute Gasteiger partial charge is 0.315 e. The van der Waals surface area contributed by atoms with Gasteiger partial charge in [0.2, 0.25) is 0 Å². The molecule has 0 spiro atoms. The number of carbonyl (C=O) groups is 2. The van der Waals surface area contributed by atoms with Gasteiger partial charge in [-0.2, -0.15) is 0 Å². The Balaban J connectivity index is 1.65. The zero-order chi connectivity index (χ0) is 13.1. The maximum Gasteiger partial charge on any atom is 0.315 e. The van der Waals surface area contributed by atoms with Crippen molar-refractivity contribution in [2.45, 2.75) is 50.3 Å². The minimum absolute atomic E-state index is 0.00982. The van der Waals surface area contributed by atoms with Crippen molar-refractivity contribution in [1.82, 2.24) is 10.6 Å². The number of hydrogen-bond donors (Lipinski definition) is 3. The summed E-state index contributed by atoms with van der Waals surface area (Å²) in [6.07, 6.45) is 3.90. The first kappa shape index (κ1) is 13.1. The van der Waals surface area contributed by atoms with Crippen LogP contribution in [0.4, 0.5) is 4.79 Å². The van der Waals surface area contributed by atoms with Crippen LogP contribution in [0.3, 0.4) is 0 Å². The maximum atomic E-state index is 11.7. The lowest BCUT2D eigenvalue weighted by atomic mass is 9.89. The number of rotatable bonds is 4. The highest BCUT2D eigenvalue weighted by molar-refractivity contribution is 5.75. The van der Waals surface area contributed by atoms with Crippen molar-refractivity contribution in [1.29, 1.82) is 0 Å². The molecule has 3 N–H and O–H groups in total. The fraction of sp³-hybridized carbons (Fsp3) is 0.833. The molecule has 0 aliphatic heterocycles. The van der Waals surface area contributed by atoms with Crippen LogP contribution >= 0.6 is 0 Å². The highest BCUT2D eigenvalue weighted by atomic mass is 16.5. The van der Waals surface area contributed by atoms with Crippen molar-refractivity contribution < 1.29 is 19.4 Å². The summed E-state index contributed by atoms with van der Waals surface area (Å²) in [5.74, 6) is -1.07. The standard InChI is InChI=1S/C12H20N2O4/c1-18-10-5-9(6-10)14-12(17)13-8-3-2-7(4-8)11(15)16/h7-10H,2-6H2,1H3,(H,15,16)(H2,13,14,17). The van der Waals surface area contributed by atoms with Crippen molar-refractivity contribution in [3.05, 3.63) is 0 Å². The summed E-state index contributed by atoms with van der Waals surface area (Å²) < 4.78 is 5.13. The second-order valence-corrected chi connectivity index (χ2v) is 5.19. The molecule has 2 unspecified atom stereocenters. The quantitative estimate of drug-likeness (QED) is 0.691. The third-order valence-corrected chi connectivity index (χ3v) is 3.88. The first-order valence-corrected chi connectivity index (χ1v) is 6.41. The van der Waals surface area contributed by atoms with Crippen molar-refractivity contribution in [3.63, 3.8) is 0 Å². The average molecular weight is 256 g/mol. The summed E-state index contributed by atoms with van der Waals surface area (Å²) in [4.78, 5) is 22.5. The van der Waals surface area contributed by atoms with E-state index in [1.54, 1.807) is 7.11 Å². The Hall–Kier alpha value is -1.30. The molecule has 0 heterocycles. The molecule has 2 amide bonds. The number of ether oxygens (including phenoxy) is 1. The first-order valence-electron chi connectivity index (χ1n) is 6.41. The highest BCUT2D eigenvalue weighted by Gasteiger charge is 2.33. The highest BCUT2D eigenvalue weighted by Crippen LogP contribution is 2.26. The molecule has 2 atom stereocenters. The van der Waals surface area contributed by atoms with E-state index in [0.29, 0.717) is 12.8 Å².